The minimum Gasteiger partial charge on any atom is -0.378 e. The Morgan fingerprint density at radius 3 is 2.40 bits per heavy atom. The highest BCUT2D eigenvalue weighted by Crippen LogP contribution is 2.32. The zero-order valence-electron chi connectivity index (χ0n) is 10.4. The normalized spacial score (nSPS) is 12.3. The first kappa shape index (κ1) is 15.9. The van der Waals surface area contributed by atoms with Crippen LogP contribution in [0.3, 0.4) is 0 Å². The monoisotopic (exact) mass is 395 g/mol. The van der Waals surface area contributed by atoms with Gasteiger partial charge in [0.1, 0.15) is 5.82 Å². The maximum absolute atomic E-state index is 13.5. The van der Waals surface area contributed by atoms with Gasteiger partial charge in [0, 0.05) is 15.2 Å². The maximum Gasteiger partial charge on any atom is 0.142 e. The molecule has 1 atom stereocenters. The second-order valence-corrected chi connectivity index (χ2v) is 6.36. The molecular formula is C14H10BrCl3FN. The molecule has 106 valence electrons. The fraction of sp³-hybridized carbons (Fsp3) is 0.143. The van der Waals surface area contributed by atoms with E-state index in [0.717, 1.165) is 10.2 Å². The van der Waals surface area contributed by atoms with Crippen LogP contribution in [-0.2, 0) is 0 Å². The number of rotatable bonds is 3. The largest absolute Gasteiger partial charge is 0.378 e. The van der Waals surface area contributed by atoms with Crippen molar-refractivity contribution in [3.05, 3.63) is 61.3 Å². The van der Waals surface area contributed by atoms with E-state index >= 15 is 0 Å². The van der Waals surface area contributed by atoms with Gasteiger partial charge in [0.05, 0.1) is 16.1 Å². The van der Waals surface area contributed by atoms with Gasteiger partial charge in [-0.05, 0) is 58.7 Å². The molecule has 2 aromatic carbocycles. The fourth-order valence-corrected chi connectivity index (χ4v) is 2.76. The van der Waals surface area contributed by atoms with Crippen molar-refractivity contribution >= 4 is 56.4 Å². The molecule has 0 amide bonds. The molecule has 1 N–H and O–H groups in total. The second kappa shape index (κ2) is 6.52. The van der Waals surface area contributed by atoms with Crippen molar-refractivity contribution in [2.45, 2.75) is 13.0 Å². The third-order valence-electron chi connectivity index (χ3n) is 2.81. The summed E-state index contributed by atoms with van der Waals surface area (Å²) in [6, 6.07) is 8.03. The van der Waals surface area contributed by atoms with Crippen molar-refractivity contribution in [1.29, 1.82) is 0 Å². The van der Waals surface area contributed by atoms with Crippen LogP contribution < -0.4 is 5.32 Å². The molecule has 0 saturated heterocycles. The first-order valence-electron chi connectivity index (χ1n) is 5.74. The van der Waals surface area contributed by atoms with Crippen molar-refractivity contribution in [2.75, 3.05) is 5.32 Å². The molecule has 0 aliphatic rings. The van der Waals surface area contributed by atoms with Crippen molar-refractivity contribution in [3.8, 4) is 0 Å². The number of hydrogen-bond donors (Lipinski definition) is 1. The number of nitrogens with one attached hydrogen (secondary N) is 1. The van der Waals surface area contributed by atoms with E-state index < -0.39 is 5.82 Å². The maximum atomic E-state index is 13.5. The summed E-state index contributed by atoms with van der Waals surface area (Å²) in [7, 11) is 0. The Bertz CT molecular complexity index is 649. The first-order chi connectivity index (χ1) is 9.38. The smallest absolute Gasteiger partial charge is 0.142 e. The standard InChI is InChI=1S/C14H10BrCl3FN/c1-7(9-5-14(19)13(18)6-11(9)16)20-8-2-3-10(15)12(17)4-8/h2-7,20H,1H3. The molecule has 0 bridgehead atoms. The van der Waals surface area contributed by atoms with Gasteiger partial charge in [0.25, 0.3) is 0 Å². The quantitative estimate of drug-likeness (QED) is 0.567. The van der Waals surface area contributed by atoms with Gasteiger partial charge in [-0.1, -0.05) is 34.8 Å². The van der Waals surface area contributed by atoms with Crippen LogP contribution in [-0.4, -0.2) is 0 Å². The zero-order valence-corrected chi connectivity index (χ0v) is 14.2. The van der Waals surface area contributed by atoms with Crippen LogP contribution in [0, 0.1) is 5.82 Å². The summed E-state index contributed by atoms with van der Waals surface area (Å²) in [6.45, 7) is 1.88. The molecule has 1 nitrogen and oxygen atoms in total. The van der Waals surface area contributed by atoms with E-state index in [-0.39, 0.29) is 11.1 Å². The molecule has 2 rings (SSSR count). The number of halogens is 5. The van der Waals surface area contributed by atoms with Crippen LogP contribution >= 0.6 is 50.7 Å². The van der Waals surface area contributed by atoms with Crippen LogP contribution in [0.2, 0.25) is 15.1 Å². The minimum absolute atomic E-state index is 0.0117. The summed E-state index contributed by atoms with van der Waals surface area (Å²) in [5.41, 5.74) is 1.45. The van der Waals surface area contributed by atoms with E-state index in [1.807, 2.05) is 19.1 Å². The summed E-state index contributed by atoms with van der Waals surface area (Å²) in [4.78, 5) is 0. The van der Waals surface area contributed by atoms with Crippen molar-refractivity contribution in [2.24, 2.45) is 0 Å². The van der Waals surface area contributed by atoms with Crippen LogP contribution in [0.5, 0.6) is 0 Å². The van der Waals surface area contributed by atoms with Crippen LogP contribution in [0.1, 0.15) is 18.5 Å². The lowest BCUT2D eigenvalue weighted by molar-refractivity contribution is 0.624. The van der Waals surface area contributed by atoms with E-state index in [2.05, 4.69) is 21.2 Å². The Balaban J connectivity index is 2.25. The number of hydrogen-bond acceptors (Lipinski definition) is 1. The topological polar surface area (TPSA) is 12.0 Å². The predicted octanol–water partition coefficient (Wildman–Crippen LogP) is 6.72. The van der Waals surface area contributed by atoms with E-state index in [1.54, 1.807) is 6.07 Å². The highest BCUT2D eigenvalue weighted by molar-refractivity contribution is 9.10. The second-order valence-electron chi connectivity index (χ2n) is 4.28. The molecule has 0 aromatic heterocycles. The molecule has 0 aliphatic heterocycles. The Kier molecular flexibility index (Phi) is 5.19. The molecule has 2 aromatic rings. The summed E-state index contributed by atoms with van der Waals surface area (Å²) in [5.74, 6) is -0.492. The van der Waals surface area contributed by atoms with Gasteiger partial charge in [0.2, 0.25) is 0 Å². The van der Waals surface area contributed by atoms with E-state index in [0.29, 0.717) is 15.6 Å². The van der Waals surface area contributed by atoms with Crippen LogP contribution in [0.25, 0.3) is 0 Å². The van der Waals surface area contributed by atoms with Gasteiger partial charge in [-0.2, -0.15) is 0 Å². The van der Waals surface area contributed by atoms with Crippen LogP contribution in [0.15, 0.2) is 34.8 Å². The lowest BCUT2D eigenvalue weighted by Gasteiger charge is -2.18. The van der Waals surface area contributed by atoms with Gasteiger partial charge >= 0.3 is 0 Å². The highest BCUT2D eigenvalue weighted by atomic mass is 79.9. The summed E-state index contributed by atoms with van der Waals surface area (Å²) < 4.78 is 14.3. The molecule has 0 heterocycles. The molecule has 0 spiro atoms. The van der Waals surface area contributed by atoms with Crippen molar-refractivity contribution in [1.82, 2.24) is 0 Å². The SMILES string of the molecule is CC(Nc1ccc(Br)c(Cl)c1)c1cc(F)c(Cl)cc1Cl. The molecule has 0 radical (unpaired) electrons. The molecule has 0 saturated carbocycles. The van der Waals surface area contributed by atoms with Gasteiger partial charge in [0.15, 0.2) is 0 Å². The van der Waals surface area contributed by atoms with Crippen molar-refractivity contribution in [3.63, 3.8) is 0 Å². The van der Waals surface area contributed by atoms with Crippen molar-refractivity contribution < 1.29 is 4.39 Å². The van der Waals surface area contributed by atoms with Crippen LogP contribution in [0.4, 0.5) is 10.1 Å². The Morgan fingerprint density at radius 1 is 1.05 bits per heavy atom. The summed E-state index contributed by atoms with van der Waals surface area (Å²) in [5, 5.41) is 4.24. The minimum atomic E-state index is -0.492. The van der Waals surface area contributed by atoms with Gasteiger partial charge in [-0.25, -0.2) is 4.39 Å². The fourth-order valence-electron chi connectivity index (χ4n) is 1.78. The molecule has 0 fully saturated rings. The van der Waals surface area contributed by atoms with E-state index in [1.165, 1.54) is 12.1 Å². The Hall–Kier alpha value is -0.480. The molecule has 1 unspecified atom stereocenters. The predicted molar refractivity (Wildman–Crippen MR) is 87.6 cm³/mol. The van der Waals surface area contributed by atoms with Gasteiger partial charge in [-0.15, -0.1) is 0 Å². The average molecular weight is 398 g/mol. The average Bonchev–Trinajstić information content (AvgIpc) is 2.38. The number of benzene rings is 2. The highest BCUT2D eigenvalue weighted by Gasteiger charge is 2.13. The molecule has 20 heavy (non-hydrogen) atoms. The number of anilines is 1. The third kappa shape index (κ3) is 3.59. The lowest BCUT2D eigenvalue weighted by atomic mass is 10.1. The van der Waals surface area contributed by atoms with Gasteiger partial charge in [-0.3, -0.25) is 0 Å². The summed E-state index contributed by atoms with van der Waals surface area (Å²) in [6.07, 6.45) is 0. The molecule has 0 aliphatic carbocycles. The summed E-state index contributed by atoms with van der Waals surface area (Å²) >= 11 is 21.1. The van der Waals surface area contributed by atoms with Gasteiger partial charge < -0.3 is 5.32 Å². The van der Waals surface area contributed by atoms with E-state index in [4.69, 9.17) is 34.8 Å². The third-order valence-corrected chi connectivity index (χ3v) is 4.66. The Morgan fingerprint density at radius 2 is 1.75 bits per heavy atom. The molecular weight excluding hydrogens is 387 g/mol. The molecule has 6 heteroatoms. The zero-order chi connectivity index (χ0) is 14.9. The first-order valence-corrected chi connectivity index (χ1v) is 7.67. The van der Waals surface area contributed by atoms with E-state index in [9.17, 15) is 4.39 Å². The lowest BCUT2D eigenvalue weighted by Crippen LogP contribution is -2.07. The Labute approximate surface area is 140 Å².